The molecule has 0 radical (unpaired) electrons. The number of rotatable bonds is 7. The number of likely N-dealkylation sites (tertiary alicyclic amines) is 1. The van der Waals surface area contributed by atoms with Crippen molar-refractivity contribution in [3.63, 3.8) is 0 Å². The van der Waals surface area contributed by atoms with Crippen molar-refractivity contribution in [1.82, 2.24) is 24.0 Å². The molecule has 3 fully saturated rings. The van der Waals surface area contributed by atoms with E-state index in [4.69, 9.17) is 15.6 Å². The Kier molecular flexibility index (Phi) is 7.91. The molecule has 0 spiro atoms. The van der Waals surface area contributed by atoms with Gasteiger partial charge in [0.15, 0.2) is 0 Å². The molecule has 4 aromatic rings. The minimum absolute atomic E-state index is 0.0347. The molecule has 1 aromatic carbocycles. The van der Waals surface area contributed by atoms with Gasteiger partial charge in [0.05, 0.1) is 30.4 Å². The van der Waals surface area contributed by atoms with Crippen LogP contribution >= 0.6 is 0 Å². The first-order valence-electron chi connectivity index (χ1n) is 16.5. The Morgan fingerprint density at radius 3 is 2.54 bits per heavy atom. The van der Waals surface area contributed by atoms with Crippen LogP contribution < -0.4 is 15.4 Å². The highest BCUT2D eigenvalue weighted by molar-refractivity contribution is 5.96. The molecule has 3 aliphatic rings. The summed E-state index contributed by atoms with van der Waals surface area (Å²) >= 11 is 0. The van der Waals surface area contributed by atoms with Crippen LogP contribution in [-0.2, 0) is 11.3 Å². The first kappa shape index (κ1) is 30.5. The van der Waals surface area contributed by atoms with Crippen molar-refractivity contribution in [2.24, 2.45) is 11.7 Å². The van der Waals surface area contributed by atoms with Gasteiger partial charge in [0.25, 0.3) is 5.91 Å². The number of aryl methyl sites for hydroxylation is 1. The molecule has 2 atom stereocenters. The van der Waals surface area contributed by atoms with Gasteiger partial charge in [-0.3, -0.25) is 9.59 Å². The van der Waals surface area contributed by atoms with Gasteiger partial charge in [-0.05, 0) is 69.2 Å². The minimum atomic E-state index is -1.13. The second-order valence-electron chi connectivity index (χ2n) is 13.5. The van der Waals surface area contributed by atoms with Crippen LogP contribution in [0.5, 0.6) is 5.75 Å². The molecule has 11 heteroatoms. The summed E-state index contributed by atoms with van der Waals surface area (Å²) in [7, 11) is 3.50. The monoisotopic (exact) mass is 629 g/mol. The maximum Gasteiger partial charge on any atom is 0.255 e. The maximum atomic E-state index is 14.3. The van der Waals surface area contributed by atoms with Gasteiger partial charge in [-0.2, -0.15) is 5.10 Å². The Hall–Kier alpha value is -4.12. The van der Waals surface area contributed by atoms with Gasteiger partial charge in [0.1, 0.15) is 23.1 Å². The van der Waals surface area contributed by atoms with Crippen molar-refractivity contribution >= 4 is 33.9 Å². The second kappa shape index (κ2) is 11.9. The van der Waals surface area contributed by atoms with Crippen molar-refractivity contribution in [3.05, 3.63) is 47.7 Å². The van der Waals surface area contributed by atoms with Gasteiger partial charge in [-0.1, -0.05) is 6.07 Å². The summed E-state index contributed by atoms with van der Waals surface area (Å²) < 4.78 is 24.2. The third-order valence-corrected chi connectivity index (χ3v) is 10.3. The highest BCUT2D eigenvalue weighted by Crippen LogP contribution is 2.39. The van der Waals surface area contributed by atoms with E-state index < -0.39 is 6.17 Å². The number of alkyl halides is 1. The second-order valence-corrected chi connectivity index (χ2v) is 13.5. The lowest BCUT2D eigenvalue weighted by atomic mass is 10.0. The van der Waals surface area contributed by atoms with E-state index in [1.54, 1.807) is 30.8 Å². The first-order chi connectivity index (χ1) is 22.1. The number of nitrogens with two attached hydrogens (primary N) is 1. The number of carbonyl (C=O) groups is 2. The molecule has 5 heterocycles. The predicted molar refractivity (Wildman–Crippen MR) is 177 cm³/mol. The van der Waals surface area contributed by atoms with Crippen LogP contribution in [0.4, 0.5) is 10.1 Å². The molecule has 0 bridgehead atoms. The lowest BCUT2D eigenvalue weighted by Crippen LogP contribution is -2.50. The molecule has 2 N–H and O–H groups in total. The number of hydrogen-bond acceptors (Lipinski definition) is 6. The van der Waals surface area contributed by atoms with Gasteiger partial charge in [0, 0.05) is 75.1 Å². The van der Waals surface area contributed by atoms with E-state index >= 15 is 0 Å². The zero-order valence-electron chi connectivity index (χ0n) is 27.2. The Morgan fingerprint density at radius 1 is 1.11 bits per heavy atom. The average Bonchev–Trinajstić information content (AvgIpc) is 3.72. The number of halogens is 1. The number of anilines is 1. The number of amides is 2. The van der Waals surface area contributed by atoms with Gasteiger partial charge < -0.3 is 29.7 Å². The molecule has 1 saturated carbocycles. The molecule has 0 unspecified atom stereocenters. The molecule has 2 aliphatic heterocycles. The fraction of sp³-hybridized carbons (Fsp3) is 0.514. The number of fused-ring (bicyclic) bond motifs is 2. The maximum absolute atomic E-state index is 14.3. The molecule has 2 amide bonds. The molecular weight excluding hydrogens is 585 g/mol. The van der Waals surface area contributed by atoms with Crippen molar-refractivity contribution in [2.45, 2.75) is 70.8 Å². The molecule has 10 nitrogen and oxygen atoms in total. The summed E-state index contributed by atoms with van der Waals surface area (Å²) in [5.74, 6) is 1.03. The van der Waals surface area contributed by atoms with Gasteiger partial charge in [-0.25, -0.2) is 8.91 Å². The van der Waals surface area contributed by atoms with Crippen molar-refractivity contribution in [2.75, 3.05) is 45.2 Å². The Labute approximate surface area is 268 Å². The first-order valence-corrected chi connectivity index (χ1v) is 16.5. The molecular formula is C35H44FN7O3. The van der Waals surface area contributed by atoms with Crippen LogP contribution in [0.15, 0.2) is 36.5 Å². The number of piperidine rings is 2. The van der Waals surface area contributed by atoms with Crippen LogP contribution in [0.25, 0.3) is 27.8 Å². The highest BCUT2D eigenvalue weighted by Gasteiger charge is 2.31. The molecule has 7 rings (SSSR count). The quantitative estimate of drug-likeness (QED) is 0.320. The highest BCUT2D eigenvalue weighted by atomic mass is 19.1. The number of benzene rings is 1. The SMILES string of the molecule is COc1cc(C(=O)N2C[C@H](N)C[C@@H](F)C2)cn2nc(-c3cc4ccc(N5CCC(N(C)C(C)=O)CC5)cc4n3CC3CC3)c(C)c12. The van der Waals surface area contributed by atoms with Gasteiger partial charge in [-0.15, -0.1) is 0 Å². The zero-order chi connectivity index (χ0) is 32.3. The number of pyridine rings is 1. The lowest BCUT2D eigenvalue weighted by molar-refractivity contribution is -0.129. The van der Waals surface area contributed by atoms with Crippen LogP contribution in [0.1, 0.15) is 54.9 Å². The fourth-order valence-corrected chi connectivity index (χ4v) is 7.38. The largest absolute Gasteiger partial charge is 0.494 e. The van der Waals surface area contributed by atoms with E-state index in [0.29, 0.717) is 23.8 Å². The van der Waals surface area contributed by atoms with Crippen LogP contribution in [0.3, 0.4) is 0 Å². The predicted octanol–water partition coefficient (Wildman–Crippen LogP) is 4.64. The van der Waals surface area contributed by atoms with E-state index in [0.717, 1.165) is 60.3 Å². The number of carbonyl (C=O) groups excluding carboxylic acids is 2. The zero-order valence-corrected chi connectivity index (χ0v) is 27.2. The smallest absolute Gasteiger partial charge is 0.255 e. The Morgan fingerprint density at radius 2 is 1.87 bits per heavy atom. The number of methoxy groups -OCH3 is 1. The third-order valence-electron chi connectivity index (χ3n) is 10.3. The van der Waals surface area contributed by atoms with E-state index in [9.17, 15) is 14.0 Å². The molecule has 3 aromatic heterocycles. The van der Waals surface area contributed by atoms with Crippen LogP contribution in [0, 0.1) is 12.8 Å². The summed E-state index contributed by atoms with van der Waals surface area (Å²) in [6.07, 6.45) is 5.21. The summed E-state index contributed by atoms with van der Waals surface area (Å²) in [4.78, 5) is 31.2. The van der Waals surface area contributed by atoms with Gasteiger partial charge >= 0.3 is 0 Å². The van der Waals surface area contributed by atoms with Crippen LogP contribution in [-0.4, -0.2) is 94.4 Å². The normalized spacial score (nSPS) is 20.9. The Balaban J connectivity index is 1.25. The van der Waals surface area contributed by atoms with E-state index in [1.807, 2.05) is 18.9 Å². The molecule has 2 saturated heterocycles. The van der Waals surface area contributed by atoms with Crippen molar-refractivity contribution in [3.8, 4) is 17.1 Å². The molecule has 1 aliphatic carbocycles. The fourth-order valence-electron chi connectivity index (χ4n) is 7.38. The summed E-state index contributed by atoms with van der Waals surface area (Å²) in [5.41, 5.74) is 12.5. The summed E-state index contributed by atoms with van der Waals surface area (Å²) in [6.45, 7) is 6.77. The van der Waals surface area contributed by atoms with E-state index in [1.165, 1.54) is 28.9 Å². The van der Waals surface area contributed by atoms with E-state index in [2.05, 4.69) is 33.7 Å². The Bertz CT molecular complexity index is 1790. The summed E-state index contributed by atoms with van der Waals surface area (Å²) in [6, 6.07) is 10.6. The molecule has 46 heavy (non-hydrogen) atoms. The number of nitrogens with zero attached hydrogens (tertiary/aromatic N) is 6. The average molecular weight is 630 g/mol. The summed E-state index contributed by atoms with van der Waals surface area (Å²) in [5, 5.41) is 6.21. The van der Waals surface area contributed by atoms with Gasteiger partial charge in [0.2, 0.25) is 5.91 Å². The van der Waals surface area contributed by atoms with E-state index in [-0.39, 0.29) is 36.9 Å². The van der Waals surface area contributed by atoms with Crippen molar-refractivity contribution in [1.29, 1.82) is 0 Å². The number of aromatic nitrogens is 3. The minimum Gasteiger partial charge on any atom is -0.494 e. The standard InChI is InChI=1S/C35H44FN7O3/c1-21-33(38-43-18-25(14-32(46-4)34(21)43)35(45)41-19-26(36)15-27(37)20-41)31-13-24-7-8-29(16-30(24)42(31)17-23-5-6-23)40-11-9-28(10-12-40)39(3)22(2)44/h7-8,13-14,16,18,23,26-28H,5-6,9-12,15,17,19-20,37H2,1-4H3/t26-,27-/m1/s1. The third kappa shape index (κ3) is 5.59. The van der Waals surface area contributed by atoms with Crippen molar-refractivity contribution < 1.29 is 18.7 Å². The number of ether oxygens (including phenoxy) is 1. The topological polar surface area (TPSA) is 101 Å². The molecule has 244 valence electrons. The lowest BCUT2D eigenvalue weighted by Gasteiger charge is -2.37. The number of hydrogen-bond donors (Lipinski definition) is 1. The van der Waals surface area contributed by atoms with Crippen LogP contribution in [0.2, 0.25) is 0 Å².